The molecule has 3 atom stereocenters. The smallest absolute Gasteiger partial charge is 0.279 e. The molecule has 232 valence electrons. The van der Waals surface area contributed by atoms with Crippen LogP contribution in [0.25, 0.3) is 22.4 Å². The van der Waals surface area contributed by atoms with Crippen LogP contribution in [0.3, 0.4) is 0 Å². The normalized spacial score (nSPS) is 18.9. The lowest BCUT2D eigenvalue weighted by Crippen LogP contribution is -2.39. The maximum absolute atomic E-state index is 13.0. The van der Waals surface area contributed by atoms with Crippen LogP contribution < -0.4 is 26.2 Å². The molecule has 1 aliphatic carbocycles. The quantitative estimate of drug-likeness (QED) is 0.232. The molecule has 2 aliphatic rings. The van der Waals surface area contributed by atoms with E-state index in [-0.39, 0.29) is 23.6 Å². The number of nitrogens with one attached hydrogen (secondary N) is 3. The van der Waals surface area contributed by atoms with E-state index < -0.39 is 17.6 Å². The van der Waals surface area contributed by atoms with Gasteiger partial charge >= 0.3 is 0 Å². The summed E-state index contributed by atoms with van der Waals surface area (Å²) in [6.07, 6.45) is 2.40. The predicted molar refractivity (Wildman–Crippen MR) is 170 cm³/mol. The molecule has 0 radical (unpaired) electrons. The van der Waals surface area contributed by atoms with E-state index in [0.717, 1.165) is 38.9 Å². The Balaban J connectivity index is 1.30. The van der Waals surface area contributed by atoms with Crippen LogP contribution in [0.4, 0.5) is 5.69 Å². The first kappa shape index (κ1) is 30.4. The average Bonchev–Trinajstić information content (AvgIpc) is 3.59. The molecule has 45 heavy (non-hydrogen) atoms. The largest absolute Gasteiger partial charge is 0.481 e. The molecule has 6 rings (SSSR count). The highest BCUT2D eigenvalue weighted by molar-refractivity contribution is 6.36. The minimum absolute atomic E-state index is 0.0122. The van der Waals surface area contributed by atoms with Crippen molar-refractivity contribution in [1.29, 1.82) is 0 Å². The fourth-order valence-electron chi connectivity index (χ4n) is 6.12. The number of hydrogen-bond acceptors (Lipinski definition) is 8. The van der Waals surface area contributed by atoms with E-state index in [1.807, 2.05) is 43.3 Å². The molecular formula is C33H33ClN6O5. The van der Waals surface area contributed by atoms with Crippen LogP contribution >= 0.6 is 11.6 Å². The highest BCUT2D eigenvalue weighted by Gasteiger charge is 2.36. The minimum Gasteiger partial charge on any atom is -0.481 e. The summed E-state index contributed by atoms with van der Waals surface area (Å²) in [4.78, 5) is 41.8. The SMILES string of the molecule is COc1nc(-c2cccc(-c3cccc(NC(=O)c4ccnn(C)c4=O)c3C)c2Cl)cc2c1[C@@H](NC[C@@H]1CCC(=O)N1)[C@H](O)C2. The number of carbonyl (C=O) groups is 2. The molecule has 0 saturated carbocycles. The first-order valence-corrected chi connectivity index (χ1v) is 15.0. The molecule has 1 saturated heterocycles. The van der Waals surface area contributed by atoms with Crippen molar-refractivity contribution in [3.8, 4) is 28.3 Å². The topological polar surface area (TPSA) is 147 Å². The number of anilines is 1. The Morgan fingerprint density at radius 3 is 2.67 bits per heavy atom. The number of pyridine rings is 1. The first-order valence-electron chi connectivity index (χ1n) is 14.7. The Morgan fingerprint density at radius 2 is 1.91 bits per heavy atom. The van der Waals surface area contributed by atoms with Gasteiger partial charge < -0.3 is 25.8 Å². The third-order valence-electron chi connectivity index (χ3n) is 8.49. The Morgan fingerprint density at radius 1 is 1.16 bits per heavy atom. The van der Waals surface area contributed by atoms with Crippen LogP contribution in [0, 0.1) is 6.92 Å². The molecule has 1 aliphatic heterocycles. The van der Waals surface area contributed by atoms with Crippen LogP contribution in [-0.4, -0.2) is 57.5 Å². The second-order valence-electron chi connectivity index (χ2n) is 11.3. The first-order chi connectivity index (χ1) is 21.7. The molecule has 0 bridgehead atoms. The van der Waals surface area contributed by atoms with Gasteiger partial charge in [0.05, 0.1) is 30.0 Å². The van der Waals surface area contributed by atoms with Crippen LogP contribution in [0.2, 0.25) is 5.02 Å². The van der Waals surface area contributed by atoms with Gasteiger partial charge in [0.25, 0.3) is 11.5 Å². The summed E-state index contributed by atoms with van der Waals surface area (Å²) in [7, 11) is 3.04. The van der Waals surface area contributed by atoms with Gasteiger partial charge in [0.2, 0.25) is 11.8 Å². The number of aliphatic hydroxyl groups excluding tert-OH is 1. The zero-order valence-electron chi connectivity index (χ0n) is 25.1. The third kappa shape index (κ3) is 5.82. The van der Waals surface area contributed by atoms with Crippen molar-refractivity contribution in [1.82, 2.24) is 25.4 Å². The van der Waals surface area contributed by atoms with Crippen molar-refractivity contribution in [3.05, 3.63) is 92.4 Å². The summed E-state index contributed by atoms with van der Waals surface area (Å²) < 4.78 is 6.83. The molecule has 12 heteroatoms. The van der Waals surface area contributed by atoms with Gasteiger partial charge in [0, 0.05) is 61.1 Å². The number of aliphatic hydroxyl groups is 1. The van der Waals surface area contributed by atoms with Gasteiger partial charge in [0.15, 0.2) is 0 Å². The van der Waals surface area contributed by atoms with Crippen LogP contribution in [0.15, 0.2) is 59.5 Å². The number of halogens is 1. The van der Waals surface area contributed by atoms with Crippen LogP contribution in [-0.2, 0) is 18.3 Å². The summed E-state index contributed by atoms with van der Waals surface area (Å²) in [5.74, 6) is -0.0898. The number of ether oxygens (including phenoxy) is 1. The maximum Gasteiger partial charge on any atom is 0.279 e. The molecule has 2 aromatic heterocycles. The standard InChI is InChI=1S/C33H33ClN6O5/c1-17-20(6-5-9-24(17)38-31(43)23-12-13-36-40(2)33(23)44)21-7-4-8-22(29(21)34)25-14-18-15-26(41)30(28(18)32(39-25)45-3)35-16-19-10-11-27(42)37-19/h4-9,12-14,19,26,30,35,41H,10-11,15-16H2,1-3H3,(H,37,42)(H,38,43)/t19-,26+,30-/m0/s1. The van der Waals surface area contributed by atoms with Crippen molar-refractivity contribution in [3.63, 3.8) is 0 Å². The number of methoxy groups -OCH3 is 1. The van der Waals surface area contributed by atoms with E-state index in [0.29, 0.717) is 47.2 Å². The molecule has 4 N–H and O–H groups in total. The number of benzene rings is 2. The zero-order chi connectivity index (χ0) is 31.8. The Kier molecular flexibility index (Phi) is 8.41. The highest BCUT2D eigenvalue weighted by atomic mass is 35.5. The van der Waals surface area contributed by atoms with E-state index in [1.165, 1.54) is 19.3 Å². The molecule has 4 aromatic rings. The van der Waals surface area contributed by atoms with Gasteiger partial charge in [-0.2, -0.15) is 5.10 Å². The number of carbonyl (C=O) groups excluding carboxylic acids is 2. The van der Waals surface area contributed by atoms with E-state index in [2.05, 4.69) is 21.0 Å². The van der Waals surface area contributed by atoms with E-state index in [4.69, 9.17) is 21.3 Å². The zero-order valence-corrected chi connectivity index (χ0v) is 25.8. The molecule has 3 heterocycles. The predicted octanol–water partition coefficient (Wildman–Crippen LogP) is 3.56. The number of fused-ring (bicyclic) bond motifs is 1. The van der Waals surface area contributed by atoms with Crippen molar-refractivity contribution in [2.24, 2.45) is 7.05 Å². The van der Waals surface area contributed by atoms with Gasteiger partial charge in [-0.05, 0) is 48.2 Å². The summed E-state index contributed by atoms with van der Waals surface area (Å²) >= 11 is 7.06. The second-order valence-corrected chi connectivity index (χ2v) is 11.7. The molecule has 2 amide bonds. The lowest BCUT2D eigenvalue weighted by atomic mass is 9.96. The minimum atomic E-state index is -0.683. The molecule has 1 fully saturated rings. The van der Waals surface area contributed by atoms with Crippen molar-refractivity contribution < 1.29 is 19.4 Å². The van der Waals surface area contributed by atoms with E-state index in [1.54, 1.807) is 13.2 Å². The van der Waals surface area contributed by atoms with Gasteiger partial charge in [-0.1, -0.05) is 41.9 Å². The Bertz CT molecular complexity index is 1880. The van der Waals surface area contributed by atoms with Gasteiger partial charge in [-0.25, -0.2) is 9.67 Å². The fourth-order valence-corrected chi connectivity index (χ4v) is 6.44. The number of hydrogen-bond donors (Lipinski definition) is 4. The van der Waals surface area contributed by atoms with Gasteiger partial charge in [0.1, 0.15) is 5.56 Å². The molecule has 11 nitrogen and oxygen atoms in total. The van der Waals surface area contributed by atoms with Crippen LogP contribution in [0.5, 0.6) is 5.88 Å². The molecule has 2 aromatic carbocycles. The number of rotatable bonds is 8. The summed E-state index contributed by atoms with van der Waals surface area (Å²) in [6.45, 7) is 2.41. The number of aryl methyl sites for hydroxylation is 1. The van der Waals surface area contributed by atoms with Gasteiger partial charge in [-0.15, -0.1) is 0 Å². The molecular weight excluding hydrogens is 596 g/mol. The van der Waals surface area contributed by atoms with Crippen molar-refractivity contribution >= 4 is 29.1 Å². The van der Waals surface area contributed by atoms with E-state index in [9.17, 15) is 19.5 Å². The molecule has 0 unspecified atom stereocenters. The molecule has 0 spiro atoms. The fraction of sp³-hybridized carbons (Fsp3) is 0.303. The third-order valence-corrected chi connectivity index (χ3v) is 8.90. The van der Waals surface area contributed by atoms with Gasteiger partial charge in [-0.3, -0.25) is 14.4 Å². The van der Waals surface area contributed by atoms with Crippen molar-refractivity contribution in [2.45, 2.75) is 44.4 Å². The summed E-state index contributed by atoms with van der Waals surface area (Å²) in [5, 5.41) is 24.5. The second kappa shape index (κ2) is 12.4. The number of nitrogens with zero attached hydrogens (tertiary/aromatic N) is 3. The average molecular weight is 629 g/mol. The number of aromatic nitrogens is 3. The highest BCUT2D eigenvalue weighted by Crippen LogP contribution is 2.43. The lowest BCUT2D eigenvalue weighted by Gasteiger charge is -2.22. The monoisotopic (exact) mass is 628 g/mol. The van der Waals surface area contributed by atoms with Crippen LogP contribution in [0.1, 0.15) is 45.9 Å². The summed E-state index contributed by atoms with van der Waals surface area (Å²) in [5.41, 5.74) is 5.33. The Hall–Kier alpha value is -4.58. The lowest BCUT2D eigenvalue weighted by molar-refractivity contribution is -0.119. The van der Waals surface area contributed by atoms with E-state index >= 15 is 0 Å². The van der Waals surface area contributed by atoms with Crippen molar-refractivity contribution in [2.75, 3.05) is 19.0 Å². The maximum atomic E-state index is 13.0. The number of amides is 2. The summed E-state index contributed by atoms with van der Waals surface area (Å²) in [6, 6.07) is 14.1. The Labute approximate surface area is 264 Å².